The molecule has 5 aromatic rings. The van der Waals surface area contributed by atoms with Gasteiger partial charge in [0.25, 0.3) is 0 Å². The van der Waals surface area contributed by atoms with E-state index in [1.165, 1.54) is 28.5 Å². The van der Waals surface area contributed by atoms with E-state index in [9.17, 15) is 18.6 Å². The Labute approximate surface area is 291 Å². The second-order valence-electron chi connectivity index (χ2n) is 14.8. The number of aliphatic hydroxyl groups is 2. The summed E-state index contributed by atoms with van der Waals surface area (Å²) in [6.45, 7) is 2.86. The maximum absolute atomic E-state index is 11.8. The van der Waals surface area contributed by atoms with Gasteiger partial charge in [-0.1, -0.05) is 48.5 Å². The van der Waals surface area contributed by atoms with Crippen LogP contribution in [-0.4, -0.2) is 72.5 Å². The number of oxazole rings is 1. The maximum atomic E-state index is 11.8. The number of rotatable bonds is 3. The molecule has 2 aromatic carbocycles. The molecule has 0 amide bonds. The van der Waals surface area contributed by atoms with Gasteiger partial charge in [-0.25, -0.2) is 27.7 Å². The van der Waals surface area contributed by atoms with Gasteiger partial charge >= 0.3 is 0 Å². The van der Waals surface area contributed by atoms with Gasteiger partial charge in [0.2, 0.25) is 10.0 Å². The van der Waals surface area contributed by atoms with Gasteiger partial charge < -0.3 is 23.8 Å². The number of aryl methyl sites for hydroxylation is 2. The minimum Gasteiger partial charge on any atom is -0.446 e. The summed E-state index contributed by atoms with van der Waals surface area (Å²) in [5.41, 5.74) is 7.75. The van der Waals surface area contributed by atoms with E-state index in [-0.39, 0.29) is 29.3 Å². The predicted octanol–water partition coefficient (Wildman–Crippen LogP) is 5.31. The van der Waals surface area contributed by atoms with Crippen molar-refractivity contribution in [1.29, 1.82) is 0 Å². The molecule has 6 unspecified atom stereocenters. The largest absolute Gasteiger partial charge is 0.446 e. The highest BCUT2D eigenvalue weighted by molar-refractivity contribution is 7.88. The van der Waals surface area contributed by atoms with E-state index in [1.807, 2.05) is 38.0 Å². The normalized spacial score (nSPS) is 27.6. The van der Waals surface area contributed by atoms with Gasteiger partial charge in [-0.2, -0.15) is 0 Å². The molecule has 3 aromatic heterocycles. The van der Waals surface area contributed by atoms with Gasteiger partial charge in [-0.15, -0.1) is 0 Å². The van der Waals surface area contributed by atoms with Crippen molar-refractivity contribution < 1.29 is 23.0 Å². The molecular weight excluding hydrogens is 653 g/mol. The van der Waals surface area contributed by atoms with Crippen molar-refractivity contribution in [2.45, 2.75) is 69.7 Å². The second-order valence-corrected chi connectivity index (χ2v) is 16.8. The summed E-state index contributed by atoms with van der Waals surface area (Å²) >= 11 is 0. The Hall–Kier alpha value is -4.10. The number of hydrogen-bond acceptors (Lipinski definition) is 8. The fraction of sp³-hybridized carbons (Fsp3) is 0.447. The molecule has 12 heteroatoms. The van der Waals surface area contributed by atoms with Crippen LogP contribution in [0.5, 0.6) is 0 Å². The van der Waals surface area contributed by atoms with Crippen molar-refractivity contribution in [2.24, 2.45) is 17.3 Å². The Bertz CT molecular complexity index is 2180. The molecule has 50 heavy (non-hydrogen) atoms. The van der Waals surface area contributed by atoms with Crippen molar-refractivity contribution in [3.05, 3.63) is 102 Å². The Morgan fingerprint density at radius 2 is 1.40 bits per heavy atom. The SMILES string of the molecule is CS(=O)(=O)N1CCC2(CCC(C3c4ccccc4-c4cncn43)C2O)CC1.Cc1nc2c(o1)CCC(C1c3ccccc3-c3cncn31)C2O. The highest BCUT2D eigenvalue weighted by Gasteiger charge is 2.53. The minimum absolute atomic E-state index is 0.0728. The quantitative estimate of drug-likeness (QED) is 0.259. The number of piperidine rings is 1. The zero-order valence-electron chi connectivity index (χ0n) is 28.3. The molecule has 0 bridgehead atoms. The topological polar surface area (TPSA) is 140 Å². The Kier molecular flexibility index (Phi) is 7.47. The van der Waals surface area contributed by atoms with Crippen LogP contribution < -0.4 is 0 Å². The molecule has 11 nitrogen and oxygen atoms in total. The molecule has 1 spiro atoms. The monoisotopic (exact) mass is 694 g/mol. The lowest BCUT2D eigenvalue weighted by atomic mass is 9.73. The van der Waals surface area contributed by atoms with Crippen LogP contribution in [0.25, 0.3) is 22.5 Å². The van der Waals surface area contributed by atoms with E-state index in [1.54, 1.807) is 4.31 Å². The number of hydrogen-bond donors (Lipinski definition) is 2. The highest BCUT2D eigenvalue weighted by Crippen LogP contribution is 2.56. The standard InChI is InChI=1S/C20H25N3O3S.C18H17N3O2/c1-27(25,26)22-10-8-20(9-11-22)7-6-16(19(20)24)18-15-5-3-2-4-14(15)17-12-21-13-23(17)18;1-10-20-16-15(23-10)7-6-13(18(16)22)17-12-5-3-2-4-11(12)14-8-19-9-21(14)17/h2-5,12-13,16,18-19,24H,6-11H2,1H3;2-5,8-9,13,17-18,22H,6-7H2,1H3. The summed E-state index contributed by atoms with van der Waals surface area (Å²) < 4.78 is 35.3. The zero-order chi connectivity index (χ0) is 34.4. The molecule has 3 aliphatic heterocycles. The van der Waals surface area contributed by atoms with E-state index >= 15 is 0 Å². The van der Waals surface area contributed by atoms with E-state index in [2.05, 4.69) is 66.6 Å². The number of sulfonamides is 1. The van der Waals surface area contributed by atoms with Crippen molar-refractivity contribution in [3.8, 4) is 22.5 Å². The third kappa shape index (κ3) is 4.86. The first-order valence-corrected chi connectivity index (χ1v) is 19.5. The number of imidazole rings is 2. The van der Waals surface area contributed by atoms with Crippen LogP contribution in [0.4, 0.5) is 0 Å². The Morgan fingerprint density at radius 3 is 2.00 bits per heavy atom. The molecule has 0 radical (unpaired) electrons. The molecule has 6 atom stereocenters. The summed E-state index contributed by atoms with van der Waals surface area (Å²) in [7, 11) is -3.15. The maximum Gasteiger partial charge on any atom is 0.211 e. The molecule has 1 saturated heterocycles. The fourth-order valence-electron chi connectivity index (χ4n) is 9.86. The van der Waals surface area contributed by atoms with Crippen LogP contribution in [0, 0.1) is 24.2 Å². The number of aromatic nitrogens is 5. The molecule has 1 saturated carbocycles. The summed E-state index contributed by atoms with van der Waals surface area (Å²) in [4.78, 5) is 13.1. The minimum atomic E-state index is -3.15. The fourth-order valence-corrected chi connectivity index (χ4v) is 10.7. The second kappa shape index (κ2) is 11.7. The lowest BCUT2D eigenvalue weighted by Gasteiger charge is -2.42. The van der Waals surface area contributed by atoms with E-state index < -0.39 is 22.2 Å². The number of benzene rings is 2. The summed E-state index contributed by atoms with van der Waals surface area (Å²) in [6, 6.07) is 17.0. The van der Waals surface area contributed by atoms with Crippen molar-refractivity contribution in [1.82, 2.24) is 28.4 Å². The summed E-state index contributed by atoms with van der Waals surface area (Å²) in [6.07, 6.45) is 12.9. The Balaban J connectivity index is 0.000000136. The van der Waals surface area contributed by atoms with Crippen molar-refractivity contribution >= 4 is 10.0 Å². The molecule has 6 heterocycles. The van der Waals surface area contributed by atoms with E-state index in [4.69, 9.17) is 4.42 Å². The van der Waals surface area contributed by atoms with Crippen LogP contribution in [0.15, 0.2) is 78.0 Å². The first-order chi connectivity index (χ1) is 24.1. The first-order valence-electron chi connectivity index (χ1n) is 17.6. The van der Waals surface area contributed by atoms with Gasteiger partial charge in [0.05, 0.1) is 60.9 Å². The molecule has 10 rings (SSSR count). The smallest absolute Gasteiger partial charge is 0.211 e. The first kappa shape index (κ1) is 31.9. The molecular formula is C38H42N6O5S. The molecule has 2 aliphatic carbocycles. The third-order valence-corrected chi connectivity index (χ3v) is 13.6. The Morgan fingerprint density at radius 1 is 0.820 bits per heavy atom. The molecule has 2 fully saturated rings. The number of aliphatic hydroxyl groups excluding tert-OH is 2. The molecule has 5 aliphatic rings. The third-order valence-electron chi connectivity index (χ3n) is 12.3. The van der Waals surface area contributed by atoms with Gasteiger partial charge in [-0.05, 0) is 48.6 Å². The van der Waals surface area contributed by atoms with Crippen LogP contribution in [0.1, 0.15) is 78.8 Å². The van der Waals surface area contributed by atoms with E-state index in [0.29, 0.717) is 24.7 Å². The average Bonchev–Trinajstić information content (AvgIpc) is 3.95. The van der Waals surface area contributed by atoms with Crippen LogP contribution in [0.3, 0.4) is 0 Å². The van der Waals surface area contributed by atoms with Gasteiger partial charge in [0, 0.05) is 49.4 Å². The summed E-state index contributed by atoms with van der Waals surface area (Å²) in [5.74, 6) is 1.67. The van der Waals surface area contributed by atoms with Crippen LogP contribution in [-0.2, 0) is 16.4 Å². The summed E-state index contributed by atoms with van der Waals surface area (Å²) in [5, 5.41) is 22.3. The predicted molar refractivity (Wildman–Crippen MR) is 186 cm³/mol. The lowest BCUT2D eigenvalue weighted by Crippen LogP contribution is -2.47. The van der Waals surface area contributed by atoms with Crippen LogP contribution >= 0.6 is 0 Å². The van der Waals surface area contributed by atoms with Crippen molar-refractivity contribution in [3.63, 3.8) is 0 Å². The lowest BCUT2D eigenvalue weighted by molar-refractivity contribution is -0.0145. The van der Waals surface area contributed by atoms with E-state index in [0.717, 1.165) is 55.7 Å². The van der Waals surface area contributed by atoms with Crippen molar-refractivity contribution in [2.75, 3.05) is 19.3 Å². The zero-order valence-corrected chi connectivity index (χ0v) is 29.1. The van der Waals surface area contributed by atoms with Gasteiger partial charge in [0.15, 0.2) is 5.89 Å². The number of fused-ring (bicyclic) bond motifs is 7. The molecule has 260 valence electrons. The highest BCUT2D eigenvalue weighted by atomic mass is 32.2. The van der Waals surface area contributed by atoms with Gasteiger partial charge in [-0.3, -0.25) is 0 Å². The number of nitrogens with zero attached hydrogens (tertiary/aromatic N) is 6. The molecule has 2 N–H and O–H groups in total. The average molecular weight is 695 g/mol. The van der Waals surface area contributed by atoms with Gasteiger partial charge in [0.1, 0.15) is 17.6 Å². The van der Waals surface area contributed by atoms with Crippen LogP contribution in [0.2, 0.25) is 0 Å².